The molecule has 0 saturated heterocycles. The Bertz CT molecular complexity index is 1540. The number of nitrogens with one attached hydrogen (secondary N) is 1. The Labute approximate surface area is 285 Å². The van der Waals surface area contributed by atoms with E-state index >= 15 is 0 Å². The zero-order valence-electron chi connectivity index (χ0n) is 28.1. The lowest BCUT2D eigenvalue weighted by Crippen LogP contribution is -2.08. The average molecular weight is 649 g/mol. The third-order valence-corrected chi connectivity index (χ3v) is 7.92. The quantitative estimate of drug-likeness (QED) is 0.0184. The zero-order chi connectivity index (χ0) is 33.7. The van der Waals surface area contributed by atoms with E-state index in [0.717, 1.165) is 30.0 Å². The van der Waals surface area contributed by atoms with E-state index in [1.165, 1.54) is 70.6 Å². The van der Waals surface area contributed by atoms with E-state index in [-0.39, 0.29) is 0 Å². The molecule has 4 rings (SSSR count). The van der Waals surface area contributed by atoms with Crippen LogP contribution >= 0.6 is 0 Å². The van der Waals surface area contributed by atoms with Crippen LogP contribution < -0.4 is 14.9 Å². The number of anilines is 1. The molecule has 0 aliphatic carbocycles. The van der Waals surface area contributed by atoms with Crippen LogP contribution in [0.3, 0.4) is 0 Å². The van der Waals surface area contributed by atoms with Crippen LogP contribution in [-0.4, -0.2) is 23.7 Å². The molecular formula is C40H48N4O4. The zero-order valence-corrected chi connectivity index (χ0v) is 28.1. The summed E-state index contributed by atoms with van der Waals surface area (Å²) in [4.78, 5) is 17.7. The topological polar surface area (TPSA) is 98.4 Å². The number of nitrogens with zero attached hydrogens (tertiary/aromatic N) is 3. The van der Waals surface area contributed by atoms with Gasteiger partial charge in [-0.1, -0.05) is 95.8 Å². The van der Waals surface area contributed by atoms with Crippen LogP contribution in [0, 0.1) is 5.21 Å². The highest BCUT2D eigenvalue weighted by atomic mass is 16.5. The normalized spacial score (nSPS) is 11.5. The molecular weight excluding hydrogens is 600 g/mol. The van der Waals surface area contributed by atoms with Crippen LogP contribution in [-0.2, 0) is 0 Å². The fourth-order valence-corrected chi connectivity index (χ4v) is 5.10. The molecule has 4 aromatic carbocycles. The number of carbonyl (C=O) groups excluding carboxylic acids is 1. The molecule has 0 fully saturated rings. The summed E-state index contributed by atoms with van der Waals surface area (Å²) in [5.74, 6) is 0.797. The van der Waals surface area contributed by atoms with Gasteiger partial charge in [-0.3, -0.25) is 4.99 Å². The number of carbonyl (C=O) groups is 1. The maximum atomic E-state index is 12.6. The predicted octanol–water partition coefficient (Wildman–Crippen LogP) is 11.4. The van der Waals surface area contributed by atoms with E-state index in [0.29, 0.717) is 27.5 Å². The first-order chi connectivity index (χ1) is 23.6. The molecule has 0 amide bonds. The van der Waals surface area contributed by atoms with Gasteiger partial charge in [-0.2, -0.15) is 0 Å². The Balaban J connectivity index is 1.11. The molecule has 0 atom stereocenters. The highest BCUT2D eigenvalue weighted by Crippen LogP contribution is 2.20. The lowest BCUT2D eigenvalue weighted by Gasteiger charge is -2.07. The molecule has 0 unspecified atom stereocenters. The Kier molecular flexibility index (Phi) is 15.7. The maximum absolute atomic E-state index is 12.6. The van der Waals surface area contributed by atoms with Crippen molar-refractivity contribution < 1.29 is 19.1 Å². The number of hydrogen-bond acceptors (Lipinski definition) is 6. The first-order valence-electron chi connectivity index (χ1n) is 17.3. The summed E-state index contributed by atoms with van der Waals surface area (Å²) in [5.41, 5.74) is 5.73. The molecule has 0 spiro atoms. The van der Waals surface area contributed by atoms with Gasteiger partial charge < -0.3 is 14.7 Å². The van der Waals surface area contributed by atoms with Crippen LogP contribution in [0.25, 0.3) is 0 Å². The van der Waals surface area contributed by atoms with E-state index in [2.05, 4.69) is 22.6 Å². The smallest absolute Gasteiger partial charge is 0.343 e. The minimum atomic E-state index is -0.490. The van der Waals surface area contributed by atoms with Crippen molar-refractivity contribution in [3.8, 4) is 11.5 Å². The van der Waals surface area contributed by atoms with Gasteiger partial charge in [-0.25, -0.2) is 4.79 Å². The lowest BCUT2D eigenvalue weighted by atomic mass is 10.1. The summed E-state index contributed by atoms with van der Waals surface area (Å²) >= 11 is 0. The van der Waals surface area contributed by atoms with Crippen LogP contribution in [0.1, 0.15) is 99.9 Å². The number of benzene rings is 4. The van der Waals surface area contributed by atoms with Crippen LogP contribution in [0.2, 0.25) is 0 Å². The van der Waals surface area contributed by atoms with E-state index in [4.69, 9.17) is 9.47 Å². The van der Waals surface area contributed by atoms with Gasteiger partial charge >= 0.3 is 5.97 Å². The molecule has 1 N–H and O–H groups in total. The molecule has 252 valence electrons. The molecule has 0 bridgehead atoms. The second-order valence-electron chi connectivity index (χ2n) is 11.8. The molecule has 0 aromatic heterocycles. The van der Waals surface area contributed by atoms with Gasteiger partial charge in [0.1, 0.15) is 17.2 Å². The van der Waals surface area contributed by atoms with Crippen molar-refractivity contribution in [1.29, 1.82) is 0 Å². The molecule has 4 aromatic rings. The van der Waals surface area contributed by atoms with E-state index < -0.39 is 5.97 Å². The number of para-hydroxylation sites is 1. The molecule has 8 heteroatoms. The van der Waals surface area contributed by atoms with Gasteiger partial charge in [0, 0.05) is 6.21 Å². The van der Waals surface area contributed by atoms with Crippen molar-refractivity contribution in [1.82, 2.24) is 0 Å². The summed E-state index contributed by atoms with van der Waals surface area (Å²) < 4.78 is 11.4. The van der Waals surface area contributed by atoms with E-state index in [1.807, 2.05) is 42.5 Å². The summed E-state index contributed by atoms with van der Waals surface area (Å²) in [6.45, 7) is 3.01. The highest BCUT2D eigenvalue weighted by Gasteiger charge is 2.10. The molecule has 8 nitrogen and oxygen atoms in total. The van der Waals surface area contributed by atoms with Crippen molar-refractivity contribution >= 4 is 29.2 Å². The third kappa shape index (κ3) is 13.4. The largest absolute Gasteiger partial charge is 0.691 e. The lowest BCUT2D eigenvalue weighted by molar-refractivity contribution is -0.439. The minimum absolute atomic E-state index is 0.370. The Morgan fingerprint density at radius 2 is 1.29 bits per heavy atom. The summed E-state index contributed by atoms with van der Waals surface area (Å²) in [6, 6.07) is 30.1. The third-order valence-electron chi connectivity index (χ3n) is 7.92. The van der Waals surface area contributed by atoms with Gasteiger partial charge in [-0.05, 0) is 96.9 Å². The predicted molar refractivity (Wildman–Crippen MR) is 194 cm³/mol. The fourth-order valence-electron chi connectivity index (χ4n) is 5.10. The van der Waals surface area contributed by atoms with E-state index in [1.54, 1.807) is 66.9 Å². The molecule has 0 aliphatic heterocycles. The summed E-state index contributed by atoms with van der Waals surface area (Å²) in [6.07, 6.45) is 17.8. The fraction of sp³-hybridized carbons (Fsp3) is 0.350. The molecule has 48 heavy (non-hydrogen) atoms. The molecule has 0 radical (unpaired) electrons. The van der Waals surface area contributed by atoms with Crippen molar-refractivity contribution in [2.45, 2.75) is 84.0 Å². The standard InChI is InChI=1S/C40H48N4O4/c1-2-3-4-5-6-7-8-9-10-11-12-16-31-47-38-29-25-35(26-30-38)41-32-33-19-27-39(28-20-33)48-40(45)34-21-23-36(24-22-34)42-43-44(46)37-17-14-13-15-18-37/h13-15,17-30,32,42H,2-12,16,31H2,1H3/b41-32?,44-43-. The summed E-state index contributed by atoms with van der Waals surface area (Å²) in [5, 5.41) is 15.8. The van der Waals surface area contributed by atoms with Gasteiger partial charge in [-0.15, -0.1) is 10.3 Å². The number of unbranched alkanes of at least 4 members (excludes halogenated alkanes) is 11. The number of hydrogen-bond donors (Lipinski definition) is 1. The Morgan fingerprint density at radius 3 is 1.92 bits per heavy atom. The van der Waals surface area contributed by atoms with Crippen LogP contribution in [0.15, 0.2) is 113 Å². The number of esters is 1. The van der Waals surface area contributed by atoms with E-state index in [9.17, 15) is 10.0 Å². The monoisotopic (exact) mass is 648 g/mol. The molecule has 0 heterocycles. The maximum Gasteiger partial charge on any atom is 0.343 e. The second kappa shape index (κ2) is 21.0. The molecule has 0 saturated carbocycles. The number of rotatable bonds is 21. The van der Waals surface area contributed by atoms with Gasteiger partial charge in [0.05, 0.1) is 23.1 Å². The van der Waals surface area contributed by atoms with Gasteiger partial charge in [0.2, 0.25) is 0 Å². The van der Waals surface area contributed by atoms with Crippen molar-refractivity contribution in [3.63, 3.8) is 0 Å². The second-order valence-corrected chi connectivity index (χ2v) is 11.8. The van der Waals surface area contributed by atoms with Crippen molar-refractivity contribution in [2.75, 3.05) is 12.0 Å². The van der Waals surface area contributed by atoms with Crippen LogP contribution in [0.5, 0.6) is 11.5 Å². The Morgan fingerprint density at radius 1 is 0.708 bits per heavy atom. The van der Waals surface area contributed by atoms with Crippen molar-refractivity contribution in [2.24, 2.45) is 10.2 Å². The van der Waals surface area contributed by atoms with Gasteiger partial charge in [0.25, 0.3) is 0 Å². The number of ether oxygens (including phenoxy) is 2. The Hall–Kier alpha value is -4.98. The summed E-state index contributed by atoms with van der Waals surface area (Å²) in [7, 11) is 0. The minimum Gasteiger partial charge on any atom is -0.691 e. The molecule has 0 aliphatic rings. The number of aliphatic imine (C=N–C) groups is 1. The first kappa shape index (κ1) is 35.9. The van der Waals surface area contributed by atoms with Crippen LogP contribution in [0.4, 0.5) is 17.1 Å². The highest BCUT2D eigenvalue weighted by molar-refractivity contribution is 5.91. The average Bonchev–Trinajstić information content (AvgIpc) is 3.13. The SMILES string of the molecule is CCCCCCCCCCCCCCOc1ccc(N=Cc2ccc(OC(=O)c3ccc(N/N=[N+](\[O-])c4ccccc4)cc3)cc2)cc1. The van der Waals surface area contributed by atoms with Crippen molar-refractivity contribution in [3.05, 3.63) is 119 Å². The first-order valence-corrected chi connectivity index (χ1v) is 17.3. The van der Waals surface area contributed by atoms with Gasteiger partial charge in [0.15, 0.2) is 5.69 Å².